The van der Waals surface area contributed by atoms with Crippen molar-refractivity contribution in [1.29, 1.82) is 0 Å². The summed E-state index contributed by atoms with van der Waals surface area (Å²) in [5.74, 6) is -1.62. The largest absolute Gasteiger partial charge is 0.508 e. The van der Waals surface area contributed by atoms with Gasteiger partial charge in [-0.25, -0.2) is 19.3 Å². The number of carbonyl (C=O) groups excluding carboxylic acids is 5. The Labute approximate surface area is 303 Å². The number of ether oxygens (including phenoxy) is 1. The molecule has 5 N–H and O–H groups in total. The number of aromatic nitrogens is 3. The molecule has 3 heterocycles. The molecule has 0 radical (unpaired) electrons. The number of hydrogen-bond acceptors (Lipinski definition) is 10. The Hall–Kier alpha value is -6.45. The van der Waals surface area contributed by atoms with Crippen LogP contribution in [0.15, 0.2) is 59.4 Å². The highest BCUT2D eigenvalue weighted by Gasteiger charge is 2.40. The van der Waals surface area contributed by atoms with E-state index >= 15 is 0 Å². The smallest absolute Gasteiger partial charge is 0.411 e. The number of imide groups is 1. The number of piperidine rings is 1. The van der Waals surface area contributed by atoms with Crippen molar-refractivity contribution in [1.82, 2.24) is 29.9 Å². The van der Waals surface area contributed by atoms with E-state index in [1.165, 1.54) is 20.4 Å². The van der Waals surface area contributed by atoms with E-state index in [0.717, 1.165) is 0 Å². The van der Waals surface area contributed by atoms with Gasteiger partial charge < -0.3 is 24.7 Å². The van der Waals surface area contributed by atoms with Gasteiger partial charge in [-0.05, 0) is 60.2 Å². The first-order valence-corrected chi connectivity index (χ1v) is 17.1. The molecule has 53 heavy (non-hydrogen) atoms. The second kappa shape index (κ2) is 15.0. The summed E-state index contributed by atoms with van der Waals surface area (Å²) in [5, 5.41) is 32.3. The lowest BCUT2D eigenvalue weighted by Gasteiger charge is -2.29. The lowest BCUT2D eigenvalue weighted by atomic mass is 9.98. The Morgan fingerprint density at radius 2 is 1.79 bits per heavy atom. The van der Waals surface area contributed by atoms with Crippen LogP contribution in [0.1, 0.15) is 66.1 Å². The number of carbonyl (C=O) groups is 5. The molecule has 1 aromatic heterocycles. The van der Waals surface area contributed by atoms with E-state index in [0.29, 0.717) is 46.6 Å². The van der Waals surface area contributed by atoms with Gasteiger partial charge in [-0.2, -0.15) is 5.10 Å². The van der Waals surface area contributed by atoms with Gasteiger partial charge in [-0.1, -0.05) is 32.0 Å². The van der Waals surface area contributed by atoms with Crippen LogP contribution in [0, 0.1) is 0 Å². The number of benzene rings is 3. The van der Waals surface area contributed by atoms with Gasteiger partial charge >= 0.3 is 11.8 Å². The summed E-state index contributed by atoms with van der Waals surface area (Å²) in [6, 6.07) is 13.7. The first kappa shape index (κ1) is 36.3. The standard InChI is InChI=1S/C37H39N7O9/c1-20(2)24-17-25(30(46)18-29(24)45)33-40-41-36(51)44(33)22-10-8-21(9-11-22)16-32(48)42(3)14-5-15-53-37(52)38-27-7-4-6-23-26(27)19-43(35(23)50)28-12-13-31(47)39-34(28)49/h4,6-11,17-18,20,28,45-46H,5,12-16,19H2,1-3H3,(H,38,52)(H,41,51)(H,39,47,49)/t28-/m1/s1. The number of hydrogen-bond donors (Lipinski definition) is 5. The number of phenols is 2. The molecule has 5 amide bonds. The van der Waals surface area contributed by atoms with Gasteiger partial charge in [0.25, 0.3) is 5.91 Å². The maximum absolute atomic E-state index is 13.0. The first-order valence-electron chi connectivity index (χ1n) is 17.1. The van der Waals surface area contributed by atoms with E-state index in [-0.39, 0.29) is 78.9 Å². The second-order valence-corrected chi connectivity index (χ2v) is 13.3. The molecule has 3 aromatic carbocycles. The Balaban J connectivity index is 0.993. The van der Waals surface area contributed by atoms with Crippen LogP contribution in [0.25, 0.3) is 17.1 Å². The van der Waals surface area contributed by atoms with Crippen molar-refractivity contribution in [2.24, 2.45) is 0 Å². The minimum atomic E-state index is -0.778. The number of anilines is 1. The average Bonchev–Trinajstić information content (AvgIpc) is 3.66. The average molecular weight is 726 g/mol. The van der Waals surface area contributed by atoms with Crippen LogP contribution in [0.5, 0.6) is 11.5 Å². The number of nitrogens with one attached hydrogen (secondary N) is 3. The summed E-state index contributed by atoms with van der Waals surface area (Å²) in [6.45, 7) is 4.21. The summed E-state index contributed by atoms with van der Waals surface area (Å²) < 4.78 is 6.63. The number of H-pyrrole nitrogens is 1. The topological polar surface area (TPSA) is 216 Å². The molecular formula is C37H39N7O9. The Kier molecular flexibility index (Phi) is 10.3. The third-order valence-electron chi connectivity index (χ3n) is 9.35. The fourth-order valence-electron chi connectivity index (χ4n) is 6.47. The van der Waals surface area contributed by atoms with Crippen molar-refractivity contribution in [2.75, 3.05) is 25.5 Å². The number of nitrogens with zero attached hydrogens (tertiary/aromatic N) is 4. The lowest BCUT2D eigenvalue weighted by Crippen LogP contribution is -2.52. The molecule has 0 aliphatic carbocycles. The van der Waals surface area contributed by atoms with Crippen LogP contribution in [0.2, 0.25) is 0 Å². The molecule has 4 aromatic rings. The summed E-state index contributed by atoms with van der Waals surface area (Å²) in [7, 11) is 1.64. The van der Waals surface area contributed by atoms with Crippen molar-refractivity contribution in [3.8, 4) is 28.6 Å². The van der Waals surface area contributed by atoms with Crippen molar-refractivity contribution < 1.29 is 38.9 Å². The van der Waals surface area contributed by atoms with E-state index in [1.807, 2.05) is 13.8 Å². The highest BCUT2D eigenvalue weighted by atomic mass is 16.5. The third kappa shape index (κ3) is 7.61. The third-order valence-corrected chi connectivity index (χ3v) is 9.35. The second-order valence-electron chi connectivity index (χ2n) is 13.3. The van der Waals surface area contributed by atoms with Gasteiger partial charge in [0.15, 0.2) is 5.82 Å². The van der Waals surface area contributed by atoms with E-state index in [9.17, 15) is 39.0 Å². The maximum Gasteiger partial charge on any atom is 0.411 e. The van der Waals surface area contributed by atoms with E-state index in [4.69, 9.17) is 4.74 Å². The number of fused-ring (bicyclic) bond motifs is 1. The molecular weight excluding hydrogens is 686 g/mol. The molecule has 0 spiro atoms. The number of phenolic OH excluding ortho intramolecular Hbond substituents is 2. The number of aromatic hydroxyl groups is 2. The zero-order valence-corrected chi connectivity index (χ0v) is 29.3. The van der Waals surface area contributed by atoms with Crippen molar-refractivity contribution >= 4 is 35.4 Å². The summed E-state index contributed by atoms with van der Waals surface area (Å²) in [5.41, 5.74) is 2.76. The van der Waals surface area contributed by atoms with Gasteiger partial charge in [-0.3, -0.25) is 29.8 Å². The van der Waals surface area contributed by atoms with Crippen LogP contribution in [-0.2, 0) is 32.1 Å². The molecule has 0 bridgehead atoms. The highest BCUT2D eigenvalue weighted by Crippen LogP contribution is 2.37. The number of rotatable bonds is 11. The highest BCUT2D eigenvalue weighted by molar-refractivity contribution is 6.06. The van der Waals surface area contributed by atoms with E-state index < -0.39 is 23.7 Å². The summed E-state index contributed by atoms with van der Waals surface area (Å²) >= 11 is 0. The van der Waals surface area contributed by atoms with E-state index in [1.54, 1.807) is 55.6 Å². The van der Waals surface area contributed by atoms with Crippen LogP contribution in [0.3, 0.4) is 0 Å². The van der Waals surface area contributed by atoms with Crippen molar-refractivity contribution in [3.05, 3.63) is 87.3 Å². The summed E-state index contributed by atoms with van der Waals surface area (Å²) in [6.07, 6.45) is 0.0615. The number of amides is 5. The van der Waals surface area contributed by atoms with Crippen LogP contribution < -0.4 is 16.3 Å². The Bertz CT molecular complexity index is 2160. The fourth-order valence-corrected chi connectivity index (χ4v) is 6.47. The molecule has 276 valence electrons. The van der Waals surface area contributed by atoms with Crippen LogP contribution in [-0.4, -0.2) is 90.7 Å². The molecule has 16 nitrogen and oxygen atoms in total. The maximum atomic E-state index is 13.0. The molecule has 2 aliphatic heterocycles. The van der Waals surface area contributed by atoms with Crippen LogP contribution in [0.4, 0.5) is 10.5 Å². The number of likely N-dealkylation sites (N-methyl/N-ethyl adjacent to an activating group) is 1. The summed E-state index contributed by atoms with van der Waals surface area (Å²) in [4.78, 5) is 78.2. The molecule has 1 fully saturated rings. The monoisotopic (exact) mass is 725 g/mol. The molecule has 0 unspecified atom stereocenters. The molecule has 0 saturated carbocycles. The van der Waals surface area contributed by atoms with Crippen LogP contribution >= 0.6 is 0 Å². The van der Waals surface area contributed by atoms with Crippen molar-refractivity contribution in [2.45, 2.75) is 58.0 Å². The first-order chi connectivity index (χ1) is 25.3. The fraction of sp³-hybridized carbons (Fsp3) is 0.324. The quantitative estimate of drug-likeness (QED) is 0.112. The zero-order chi connectivity index (χ0) is 38.0. The number of aromatic amines is 1. The SMILES string of the molecule is CC(C)c1cc(-c2n[nH]c(=O)n2-c2ccc(CC(=O)N(C)CCCOC(=O)Nc3cccc4c3CN([C@@H]3CCC(=O)NC3=O)C4=O)cc2)c(O)cc1O. The predicted octanol–water partition coefficient (Wildman–Crippen LogP) is 3.16. The molecule has 6 rings (SSSR count). The molecule has 1 atom stereocenters. The van der Waals surface area contributed by atoms with Gasteiger partial charge in [-0.15, -0.1) is 0 Å². The normalized spacial score (nSPS) is 15.4. The van der Waals surface area contributed by atoms with Gasteiger partial charge in [0.1, 0.15) is 17.5 Å². The van der Waals surface area contributed by atoms with Crippen molar-refractivity contribution in [3.63, 3.8) is 0 Å². The lowest BCUT2D eigenvalue weighted by molar-refractivity contribution is -0.137. The zero-order valence-electron chi connectivity index (χ0n) is 29.3. The Morgan fingerprint density at radius 3 is 2.51 bits per heavy atom. The molecule has 1 saturated heterocycles. The van der Waals surface area contributed by atoms with Gasteiger partial charge in [0.2, 0.25) is 17.7 Å². The van der Waals surface area contributed by atoms with Gasteiger partial charge in [0, 0.05) is 49.4 Å². The van der Waals surface area contributed by atoms with Gasteiger partial charge in [0.05, 0.1) is 24.3 Å². The minimum absolute atomic E-state index is 0.0194. The molecule has 2 aliphatic rings. The molecule has 16 heteroatoms. The minimum Gasteiger partial charge on any atom is -0.508 e. The Morgan fingerprint density at radius 1 is 1.04 bits per heavy atom. The van der Waals surface area contributed by atoms with E-state index in [2.05, 4.69) is 20.8 Å². The predicted molar refractivity (Wildman–Crippen MR) is 190 cm³/mol.